The van der Waals surface area contributed by atoms with E-state index in [1.807, 2.05) is 30.3 Å². The monoisotopic (exact) mass is 1530 g/mol. The molecule has 6 saturated carbocycles. The van der Waals surface area contributed by atoms with E-state index in [1.54, 1.807) is 26.5 Å². The van der Waals surface area contributed by atoms with Gasteiger partial charge in [-0.2, -0.15) is 49.2 Å². The molecule has 0 radical (unpaired) electrons. The number of benzene rings is 6. The van der Waals surface area contributed by atoms with E-state index in [1.165, 1.54) is 154 Å². The van der Waals surface area contributed by atoms with Crippen molar-refractivity contribution >= 4 is 76.7 Å². The zero-order valence-corrected chi connectivity index (χ0v) is 71.3. The van der Waals surface area contributed by atoms with Crippen molar-refractivity contribution in [1.29, 1.82) is 0 Å². The van der Waals surface area contributed by atoms with Crippen molar-refractivity contribution in [3.8, 4) is 0 Å². The van der Waals surface area contributed by atoms with Crippen molar-refractivity contribution in [2.45, 2.75) is 268 Å². The second-order valence-corrected chi connectivity index (χ2v) is 40.7. The molecule has 532 valence electrons. The van der Waals surface area contributed by atoms with Crippen LogP contribution in [0.4, 0.5) is 0 Å². The van der Waals surface area contributed by atoms with Gasteiger partial charge in [-0.15, -0.1) is 0 Å². The van der Waals surface area contributed by atoms with Gasteiger partial charge in [0.25, 0.3) is 0 Å². The van der Waals surface area contributed by atoms with Gasteiger partial charge in [0.1, 0.15) is 0 Å². The van der Waals surface area contributed by atoms with Crippen molar-refractivity contribution < 1.29 is 88.9 Å². The molecule has 0 aliphatic heterocycles. The van der Waals surface area contributed by atoms with Crippen LogP contribution in [0.2, 0.25) is 0 Å². The number of halogens is 1. The van der Waals surface area contributed by atoms with Crippen LogP contribution in [-0.4, -0.2) is 50.9 Å². The normalized spacial score (nSPS) is 15.4. The Labute approximate surface area is 666 Å². The summed E-state index contributed by atoms with van der Waals surface area (Å²) < 4.78 is 0. The summed E-state index contributed by atoms with van der Waals surface area (Å²) >= 11 is 6.02. The van der Waals surface area contributed by atoms with Crippen LogP contribution in [0.3, 0.4) is 0 Å². The Morgan fingerprint density at radius 1 is 0.323 bits per heavy atom. The molecule has 0 amide bonds. The number of rotatable bonds is 14. The summed E-state index contributed by atoms with van der Waals surface area (Å²) in [6, 6.07) is 68.4. The van der Waals surface area contributed by atoms with Gasteiger partial charge in [0.2, 0.25) is 0 Å². The van der Waals surface area contributed by atoms with E-state index in [9.17, 15) is 0 Å². The quantitative estimate of drug-likeness (QED) is 0.0579. The molecule has 6 fully saturated rings. The molecule has 0 saturated heterocycles. The van der Waals surface area contributed by atoms with Crippen LogP contribution in [0.1, 0.15) is 217 Å². The van der Waals surface area contributed by atoms with Gasteiger partial charge >= 0.3 is 88.9 Å². The first-order valence-electron chi connectivity index (χ1n) is 33.6. The van der Waals surface area contributed by atoms with E-state index < -0.39 is 0 Å². The third-order valence-electron chi connectivity index (χ3n) is 17.6. The first kappa shape index (κ1) is 110. The predicted molar refractivity (Wildman–Crippen MR) is 436 cm³/mol. The summed E-state index contributed by atoms with van der Waals surface area (Å²) in [5, 5.41) is 7.88. The zero-order chi connectivity index (χ0) is 59.6. The van der Waals surface area contributed by atoms with Crippen molar-refractivity contribution in [3.63, 3.8) is 0 Å². The Balaban J connectivity index is -0.000000195. The van der Waals surface area contributed by atoms with Crippen molar-refractivity contribution in [2.24, 2.45) is 0 Å². The summed E-state index contributed by atoms with van der Waals surface area (Å²) in [4.78, 5) is 0. The summed E-state index contributed by atoms with van der Waals surface area (Å²) in [7, 11) is -0.0682. The molecule has 6 aromatic rings. The van der Waals surface area contributed by atoms with Crippen LogP contribution in [0.5, 0.6) is 0 Å². The van der Waals surface area contributed by atoms with Gasteiger partial charge < -0.3 is 51.0 Å². The number of hydrogen-bond donors (Lipinski definition) is 0. The fourth-order valence-electron chi connectivity index (χ4n) is 13.8. The Bertz CT molecular complexity index is 2250. The Morgan fingerprint density at radius 3 is 0.740 bits per heavy atom. The minimum Gasteiger partial charge on any atom is -0.358 e. The van der Waals surface area contributed by atoms with E-state index in [0.29, 0.717) is 19.2 Å². The Kier molecular flexibility index (Phi) is 75.8. The van der Waals surface area contributed by atoms with Gasteiger partial charge in [0, 0.05) is 0 Å². The number of hydrogen-bond acceptors (Lipinski definition) is 0. The van der Waals surface area contributed by atoms with E-state index >= 15 is 0 Å². The third-order valence-corrected chi connectivity index (χ3v) is 35.1. The second-order valence-electron chi connectivity index (χ2n) is 25.3. The molecule has 6 aliphatic rings. The SMILES string of the molecule is C.CC(C)P(C(C)C)C1CCCC1.CC(C)P(Cl)C(C)C.[CH-]1CCCC1.[CH3-].[CH3-].[CH3-].[CH3-].[CH3-].[CH3-].[Fe+2].[Fe+2].[Fe+2].[Li+].[Li+].[c-]1ccccc1.c1ccc(P(C2CCCC2)C2CCCC2)cc1.c1ccc(P(c2ccccc2)C2CCCC2)cc1.c1ccc(P(c2ccccc2)C2CCCC2)cc1. The fraction of sp³-hybridized carbons (Fsp3) is 0.494. The standard InChI is InChI=1S/2C17H19P.C16H23P.C11H23P.C6H14ClP.C6H5.C5H9.CH4.6CH3.3Fe.2Li/c2*1-3-9-15(10-4-1)18(17-13-7-8-14-17)16-11-5-2-6-12-16;1-2-8-14(9-3-1)17(15-10-4-5-11-15)16-12-6-7-13-16;1-9(2)12(10(3)4)11-7-5-6-8-11;1-5(2)8(7)6(3)4;1-2-4-6-5-3-1;1-2-4-5-3-1;;;;;;;;;;;;/h2*1-6,9-12,17H,7-8,13-14H2;1-3,8-9,15-16H,4-7,10-13H2;9-11H,5-8H2,1-4H3;5-6H,1-4H3;1-5H;1H,2-5H2;1H4;6*1H3;;;;;/q;;;;;2*-1;;6*-1;3*+2;2*+1. The molecule has 6 aliphatic carbocycles. The molecule has 0 nitrogen and oxygen atoms in total. The van der Waals surface area contributed by atoms with Gasteiger partial charge in [0.05, 0.1) is 0 Å². The molecule has 0 atom stereocenters. The molecular formula is C85H134ClFe3Li2P5. The molecule has 6 aromatic carbocycles. The third kappa shape index (κ3) is 40.7. The topological polar surface area (TPSA) is 0 Å². The molecular weight excluding hydrogens is 1390 g/mol. The van der Waals surface area contributed by atoms with Crippen LogP contribution >= 0.6 is 50.2 Å². The molecule has 96 heavy (non-hydrogen) atoms. The summed E-state index contributed by atoms with van der Waals surface area (Å²) in [5.74, 6) is 0. The summed E-state index contributed by atoms with van der Waals surface area (Å²) in [5.41, 5.74) is 8.24. The van der Waals surface area contributed by atoms with Crippen molar-refractivity contribution in [3.05, 3.63) is 239 Å². The Hall–Kier alpha value is 0.513. The van der Waals surface area contributed by atoms with Crippen LogP contribution in [-0.2, 0) is 51.2 Å². The molecule has 11 heteroatoms. The van der Waals surface area contributed by atoms with Gasteiger partial charge in [0.15, 0.2) is 0 Å². The minimum absolute atomic E-state index is 0. The van der Waals surface area contributed by atoms with Gasteiger partial charge in [-0.3, -0.25) is 0 Å². The van der Waals surface area contributed by atoms with Crippen molar-refractivity contribution in [2.75, 3.05) is 0 Å². The zero-order valence-electron chi connectivity index (χ0n) is 62.7. The average Bonchev–Trinajstić information content (AvgIpc) is 1.26. The first-order chi connectivity index (χ1) is 41.0. The van der Waals surface area contributed by atoms with Crippen LogP contribution in [0.15, 0.2) is 182 Å². The molecule has 12 rings (SSSR count). The average molecular weight is 1530 g/mol. The Morgan fingerprint density at radius 2 is 0.552 bits per heavy atom. The minimum atomic E-state index is -0.226. The molecule has 0 N–H and O–H groups in total. The maximum Gasteiger partial charge on any atom is 2.00 e. The fourth-order valence-corrected chi connectivity index (χ4v) is 28.7. The predicted octanol–water partition coefficient (Wildman–Crippen LogP) is 21.1. The molecule has 0 spiro atoms. The summed E-state index contributed by atoms with van der Waals surface area (Å²) in [6.07, 6.45) is 37.4. The largest absolute Gasteiger partial charge is 2.00 e. The van der Waals surface area contributed by atoms with Crippen molar-refractivity contribution in [1.82, 2.24) is 0 Å². The smallest absolute Gasteiger partial charge is 0.358 e. The van der Waals surface area contributed by atoms with E-state index in [0.717, 1.165) is 39.6 Å². The van der Waals surface area contributed by atoms with Crippen LogP contribution in [0, 0.1) is 57.0 Å². The maximum absolute atomic E-state index is 6.02. The second kappa shape index (κ2) is 66.2. The van der Waals surface area contributed by atoms with Gasteiger partial charge in [-0.05, 0) is 165 Å². The molecule has 0 aromatic heterocycles. The maximum atomic E-state index is 6.02. The van der Waals surface area contributed by atoms with Gasteiger partial charge in [-0.25, -0.2) is 0 Å². The van der Waals surface area contributed by atoms with E-state index in [-0.39, 0.29) is 172 Å². The van der Waals surface area contributed by atoms with E-state index in [2.05, 4.69) is 220 Å². The summed E-state index contributed by atoms with van der Waals surface area (Å²) in [6.45, 7) is 18.4. The van der Waals surface area contributed by atoms with Gasteiger partial charge in [-0.1, -0.05) is 319 Å². The van der Waals surface area contributed by atoms with Crippen LogP contribution in [0.25, 0.3) is 0 Å². The van der Waals surface area contributed by atoms with E-state index in [4.69, 9.17) is 11.2 Å². The molecule has 0 unspecified atom stereocenters. The molecule has 0 bridgehead atoms. The molecule has 0 heterocycles. The van der Waals surface area contributed by atoms with Crippen LogP contribution < -0.4 is 64.2 Å². The first-order valence-corrected chi connectivity index (χ1v) is 41.8.